The Kier molecular flexibility index (Phi) is 49.0. The summed E-state index contributed by atoms with van der Waals surface area (Å²) in [4.78, 5) is 12.5. The van der Waals surface area contributed by atoms with Crippen LogP contribution in [0.4, 0.5) is 0 Å². The molecule has 0 spiro atoms. The van der Waals surface area contributed by atoms with Crippen LogP contribution in [0.2, 0.25) is 0 Å². The molecule has 0 heterocycles. The summed E-state index contributed by atoms with van der Waals surface area (Å²) in [5.41, 5.74) is 0. The Morgan fingerprint density at radius 1 is 0.400 bits per heavy atom. The van der Waals surface area contributed by atoms with Gasteiger partial charge in [-0.05, 0) is 77.0 Å². The largest absolute Gasteiger partial charge is 0.394 e. The molecule has 5 heteroatoms. The Labute approximate surface area is 374 Å². The number of aliphatic hydroxyl groups is 3. The quantitative estimate of drug-likeness (QED) is 0.0363. The first kappa shape index (κ1) is 58.6. The molecule has 4 N–H and O–H groups in total. The van der Waals surface area contributed by atoms with Crippen molar-refractivity contribution in [1.29, 1.82) is 0 Å². The fourth-order valence-electron chi connectivity index (χ4n) is 8.29. The molecule has 3 atom stereocenters. The maximum atomic E-state index is 12.5. The number of hydrogen-bond acceptors (Lipinski definition) is 4. The highest BCUT2D eigenvalue weighted by atomic mass is 16.3. The van der Waals surface area contributed by atoms with Crippen LogP contribution in [0, 0.1) is 0 Å². The third-order valence-electron chi connectivity index (χ3n) is 12.4. The van der Waals surface area contributed by atoms with Crippen molar-refractivity contribution in [3.8, 4) is 0 Å². The zero-order valence-electron chi connectivity index (χ0n) is 40.4. The molecule has 0 saturated heterocycles. The summed E-state index contributed by atoms with van der Waals surface area (Å²) in [6.45, 7) is 4.18. The molecular formula is C55H105NO4. The van der Waals surface area contributed by atoms with Gasteiger partial charge in [-0.25, -0.2) is 0 Å². The van der Waals surface area contributed by atoms with E-state index in [1.54, 1.807) is 0 Å². The fourth-order valence-corrected chi connectivity index (χ4v) is 8.29. The van der Waals surface area contributed by atoms with Crippen LogP contribution in [0.15, 0.2) is 36.5 Å². The Hall–Kier alpha value is -1.43. The number of carbonyl (C=O) groups excluding carboxylic acids is 1. The summed E-state index contributed by atoms with van der Waals surface area (Å²) in [5, 5.41) is 33.6. The van der Waals surface area contributed by atoms with Crippen molar-refractivity contribution < 1.29 is 20.1 Å². The van der Waals surface area contributed by atoms with Crippen molar-refractivity contribution in [2.24, 2.45) is 0 Å². The van der Waals surface area contributed by atoms with Gasteiger partial charge >= 0.3 is 0 Å². The summed E-state index contributed by atoms with van der Waals surface area (Å²) in [6.07, 6.45) is 64.4. The van der Waals surface area contributed by atoms with Gasteiger partial charge in [0.05, 0.1) is 18.8 Å². The molecule has 5 nitrogen and oxygen atoms in total. The minimum atomic E-state index is -1.17. The third-order valence-corrected chi connectivity index (χ3v) is 12.4. The lowest BCUT2D eigenvalue weighted by Gasteiger charge is -2.26. The van der Waals surface area contributed by atoms with Crippen molar-refractivity contribution in [1.82, 2.24) is 5.32 Å². The molecule has 0 aliphatic rings. The van der Waals surface area contributed by atoms with Gasteiger partial charge in [0.1, 0.15) is 6.10 Å². The Morgan fingerprint density at radius 2 is 0.683 bits per heavy atom. The number of nitrogens with one attached hydrogen (secondary N) is 1. The second-order valence-corrected chi connectivity index (χ2v) is 18.4. The highest BCUT2D eigenvalue weighted by Crippen LogP contribution is 2.16. The first-order valence-corrected chi connectivity index (χ1v) is 26.8. The molecule has 0 aromatic carbocycles. The monoisotopic (exact) mass is 844 g/mol. The number of hydrogen-bond donors (Lipinski definition) is 4. The van der Waals surface area contributed by atoms with Crippen LogP contribution < -0.4 is 5.32 Å². The van der Waals surface area contributed by atoms with E-state index in [1.165, 1.54) is 212 Å². The molecular weight excluding hydrogens is 739 g/mol. The summed E-state index contributed by atoms with van der Waals surface area (Å²) in [7, 11) is 0. The normalized spacial score (nSPS) is 13.6. The van der Waals surface area contributed by atoms with E-state index >= 15 is 0 Å². The van der Waals surface area contributed by atoms with E-state index in [0.717, 1.165) is 44.9 Å². The van der Waals surface area contributed by atoms with Crippen molar-refractivity contribution in [3.05, 3.63) is 36.5 Å². The predicted molar refractivity (Wildman–Crippen MR) is 264 cm³/mol. The smallest absolute Gasteiger partial charge is 0.220 e. The molecule has 0 bridgehead atoms. The number of amides is 1. The van der Waals surface area contributed by atoms with E-state index in [4.69, 9.17) is 0 Å². The van der Waals surface area contributed by atoms with Gasteiger partial charge in [-0.2, -0.15) is 0 Å². The molecule has 0 radical (unpaired) electrons. The van der Waals surface area contributed by atoms with Crippen LogP contribution in [-0.2, 0) is 4.79 Å². The van der Waals surface area contributed by atoms with Gasteiger partial charge < -0.3 is 20.6 Å². The van der Waals surface area contributed by atoms with Gasteiger partial charge in [0, 0.05) is 6.42 Å². The van der Waals surface area contributed by atoms with Crippen molar-refractivity contribution in [3.63, 3.8) is 0 Å². The van der Waals surface area contributed by atoms with Crippen LogP contribution in [0.1, 0.15) is 284 Å². The lowest BCUT2D eigenvalue weighted by atomic mass is 10.0. The molecule has 0 aliphatic carbocycles. The van der Waals surface area contributed by atoms with E-state index in [9.17, 15) is 20.1 Å². The first-order chi connectivity index (χ1) is 29.6. The molecule has 60 heavy (non-hydrogen) atoms. The number of allylic oxidation sites excluding steroid dienone is 6. The average Bonchev–Trinajstić information content (AvgIpc) is 3.25. The first-order valence-electron chi connectivity index (χ1n) is 26.8. The minimum absolute atomic E-state index is 0.156. The maximum absolute atomic E-state index is 12.5. The highest BCUT2D eigenvalue weighted by Gasteiger charge is 2.26. The van der Waals surface area contributed by atoms with Crippen LogP contribution >= 0.6 is 0 Å². The molecule has 1 amide bonds. The zero-order chi connectivity index (χ0) is 43.7. The SMILES string of the molecule is CCCCCCCCCC/C=C/CC/C=C/CCCC(O)C(O)C(CO)NC(=O)CCCCCCCCCCCCCCC/C=C\CCCCCCCCCCCCCC. The van der Waals surface area contributed by atoms with Crippen molar-refractivity contribution >= 4 is 5.91 Å². The molecule has 0 rings (SSSR count). The molecule has 0 saturated carbocycles. The number of carbonyl (C=O) groups is 1. The van der Waals surface area contributed by atoms with Crippen molar-refractivity contribution in [2.45, 2.75) is 302 Å². The average molecular weight is 844 g/mol. The van der Waals surface area contributed by atoms with E-state index in [-0.39, 0.29) is 12.5 Å². The molecule has 0 aromatic rings. The van der Waals surface area contributed by atoms with E-state index in [0.29, 0.717) is 12.8 Å². The van der Waals surface area contributed by atoms with Gasteiger partial charge in [0.2, 0.25) is 5.91 Å². The minimum Gasteiger partial charge on any atom is -0.394 e. The van der Waals surface area contributed by atoms with Gasteiger partial charge in [-0.3, -0.25) is 4.79 Å². The van der Waals surface area contributed by atoms with Crippen LogP contribution in [0.5, 0.6) is 0 Å². The van der Waals surface area contributed by atoms with E-state index in [1.807, 2.05) is 0 Å². The van der Waals surface area contributed by atoms with E-state index < -0.39 is 18.2 Å². The maximum Gasteiger partial charge on any atom is 0.220 e. The summed E-state index contributed by atoms with van der Waals surface area (Å²) < 4.78 is 0. The van der Waals surface area contributed by atoms with Crippen LogP contribution in [0.3, 0.4) is 0 Å². The summed E-state index contributed by atoms with van der Waals surface area (Å²) >= 11 is 0. The molecule has 354 valence electrons. The molecule has 0 aromatic heterocycles. The lowest BCUT2D eigenvalue weighted by Crippen LogP contribution is -2.50. The number of unbranched alkanes of at least 4 members (excludes halogenated alkanes) is 35. The summed E-state index contributed by atoms with van der Waals surface area (Å²) in [6, 6.07) is -0.832. The Balaban J connectivity index is 3.57. The van der Waals surface area contributed by atoms with Gasteiger partial charge in [0.25, 0.3) is 0 Å². The lowest BCUT2D eigenvalue weighted by molar-refractivity contribution is -0.124. The van der Waals surface area contributed by atoms with Crippen LogP contribution in [-0.4, -0.2) is 46.1 Å². The van der Waals surface area contributed by atoms with Crippen molar-refractivity contribution in [2.75, 3.05) is 6.61 Å². The molecule has 3 unspecified atom stereocenters. The number of rotatable bonds is 49. The Morgan fingerprint density at radius 3 is 1.02 bits per heavy atom. The zero-order valence-corrected chi connectivity index (χ0v) is 40.4. The van der Waals surface area contributed by atoms with E-state index in [2.05, 4.69) is 55.6 Å². The second-order valence-electron chi connectivity index (χ2n) is 18.4. The van der Waals surface area contributed by atoms with Gasteiger partial charge in [0.15, 0.2) is 0 Å². The standard InChI is InChI=1S/C55H105NO4/c1-3-5-7-9-11-13-15-17-19-21-22-23-24-25-26-27-28-29-30-31-32-34-36-38-40-42-44-46-48-50-54(59)56-52(51-57)55(60)53(58)49-47-45-43-41-39-37-35-33-20-18-16-14-12-10-8-6-4-2/h25-26,33,35,41,43,52-53,55,57-58,60H,3-24,27-32,34,36-40,42,44-51H2,1-2H3,(H,56,59)/b26-25-,35-33+,43-41+. The highest BCUT2D eigenvalue weighted by molar-refractivity contribution is 5.76. The number of aliphatic hydroxyl groups excluding tert-OH is 3. The topological polar surface area (TPSA) is 89.8 Å². The Bertz CT molecular complexity index is 931. The fraction of sp³-hybridized carbons (Fsp3) is 0.873. The summed E-state index contributed by atoms with van der Waals surface area (Å²) in [5.74, 6) is -0.156. The van der Waals surface area contributed by atoms with Gasteiger partial charge in [-0.1, -0.05) is 237 Å². The van der Waals surface area contributed by atoms with Crippen LogP contribution in [0.25, 0.3) is 0 Å². The molecule has 0 aliphatic heterocycles. The second kappa shape index (κ2) is 50.2. The van der Waals surface area contributed by atoms with Gasteiger partial charge in [-0.15, -0.1) is 0 Å². The molecule has 0 fully saturated rings. The third kappa shape index (κ3) is 44.6. The predicted octanol–water partition coefficient (Wildman–Crippen LogP) is 16.3.